The highest BCUT2D eigenvalue weighted by Gasteiger charge is 2.12. The first kappa shape index (κ1) is 19.3. The number of aromatic nitrogens is 2. The first-order valence-electron chi connectivity index (χ1n) is 8.21. The van der Waals surface area contributed by atoms with Gasteiger partial charge in [-0.3, -0.25) is 0 Å². The van der Waals surface area contributed by atoms with Crippen molar-refractivity contribution in [3.63, 3.8) is 0 Å². The van der Waals surface area contributed by atoms with Gasteiger partial charge in [-0.25, -0.2) is 9.98 Å². The van der Waals surface area contributed by atoms with Crippen LogP contribution in [0.5, 0.6) is 0 Å². The first-order valence-corrected chi connectivity index (χ1v) is 8.21. The molecule has 0 radical (unpaired) electrons. The molecule has 0 spiro atoms. The Morgan fingerprint density at radius 1 is 1.36 bits per heavy atom. The third-order valence-corrected chi connectivity index (χ3v) is 3.96. The molecule has 0 aliphatic heterocycles. The largest absolute Gasteiger partial charge is 0.370 e. The molecular weight excluding hydrogens is 389 g/mol. The first-order chi connectivity index (χ1) is 10.1. The predicted molar refractivity (Wildman–Crippen MR) is 102 cm³/mol. The molecule has 1 saturated carbocycles. The molecule has 5 nitrogen and oxygen atoms in total. The van der Waals surface area contributed by atoms with Crippen LogP contribution in [0, 0.1) is 5.92 Å². The van der Waals surface area contributed by atoms with Crippen LogP contribution in [0.1, 0.15) is 58.2 Å². The van der Waals surface area contributed by atoms with E-state index in [1.807, 2.05) is 12.4 Å². The van der Waals surface area contributed by atoms with E-state index in [2.05, 4.69) is 33.7 Å². The Balaban J connectivity index is 0.00000242. The zero-order valence-electron chi connectivity index (χ0n) is 13.8. The highest BCUT2D eigenvalue weighted by atomic mass is 127. The van der Waals surface area contributed by atoms with E-state index >= 15 is 0 Å². The molecule has 1 aromatic rings. The van der Waals surface area contributed by atoms with Gasteiger partial charge in [-0.05, 0) is 18.8 Å². The van der Waals surface area contributed by atoms with Crippen molar-refractivity contribution >= 4 is 29.9 Å². The minimum Gasteiger partial charge on any atom is -0.370 e. The average Bonchev–Trinajstić information content (AvgIpc) is 2.70. The smallest absolute Gasteiger partial charge is 0.189 e. The predicted octanol–water partition coefficient (Wildman–Crippen LogP) is 3.28. The van der Waals surface area contributed by atoms with Crippen LogP contribution in [-0.2, 0) is 13.1 Å². The van der Waals surface area contributed by atoms with E-state index in [1.54, 1.807) is 0 Å². The summed E-state index contributed by atoms with van der Waals surface area (Å²) in [5.41, 5.74) is 6.03. The third-order valence-electron chi connectivity index (χ3n) is 3.96. The Labute approximate surface area is 151 Å². The number of nitrogens with one attached hydrogen (secondary N) is 1. The minimum absolute atomic E-state index is 0. The van der Waals surface area contributed by atoms with Gasteiger partial charge in [0.05, 0.1) is 0 Å². The molecule has 0 unspecified atom stereocenters. The molecule has 6 heteroatoms. The molecule has 2 rings (SSSR count). The van der Waals surface area contributed by atoms with Gasteiger partial charge in [0.15, 0.2) is 5.96 Å². The standard InChI is InChI=1S/C16H29N5.HI/c1-13(2)12-21-10-9-18-15(21)11-19-16(17)20-14-7-5-3-4-6-8-14;/h9-10,13-14H,3-8,11-12H2,1-2H3,(H3,17,19,20);1H. The normalized spacial score (nSPS) is 17.1. The number of halogens is 1. The maximum absolute atomic E-state index is 6.03. The van der Waals surface area contributed by atoms with E-state index < -0.39 is 0 Å². The summed E-state index contributed by atoms with van der Waals surface area (Å²) in [6.45, 7) is 5.93. The second kappa shape index (κ2) is 10.1. The summed E-state index contributed by atoms with van der Waals surface area (Å²) in [4.78, 5) is 8.83. The average molecular weight is 419 g/mol. The fourth-order valence-corrected chi connectivity index (χ4v) is 2.89. The molecule has 1 heterocycles. The van der Waals surface area contributed by atoms with Crippen LogP contribution in [0.2, 0.25) is 0 Å². The van der Waals surface area contributed by atoms with Crippen molar-refractivity contribution < 1.29 is 0 Å². The van der Waals surface area contributed by atoms with Crippen molar-refractivity contribution in [3.8, 4) is 0 Å². The van der Waals surface area contributed by atoms with Crippen molar-refractivity contribution in [2.45, 2.75) is 71.5 Å². The number of rotatable bonds is 5. The lowest BCUT2D eigenvalue weighted by Gasteiger charge is -2.16. The molecular formula is C16H30IN5. The summed E-state index contributed by atoms with van der Waals surface area (Å²) < 4.78 is 2.16. The molecule has 0 aromatic carbocycles. The maximum Gasteiger partial charge on any atom is 0.189 e. The van der Waals surface area contributed by atoms with E-state index in [-0.39, 0.29) is 24.0 Å². The lowest BCUT2D eigenvalue weighted by molar-refractivity contribution is 0.506. The molecule has 22 heavy (non-hydrogen) atoms. The zero-order valence-corrected chi connectivity index (χ0v) is 16.1. The van der Waals surface area contributed by atoms with Crippen LogP contribution in [0.3, 0.4) is 0 Å². The summed E-state index contributed by atoms with van der Waals surface area (Å²) in [7, 11) is 0. The molecule has 0 amide bonds. The van der Waals surface area contributed by atoms with Gasteiger partial charge in [-0.1, -0.05) is 39.5 Å². The van der Waals surface area contributed by atoms with Gasteiger partial charge in [0, 0.05) is 25.0 Å². The fourth-order valence-electron chi connectivity index (χ4n) is 2.89. The van der Waals surface area contributed by atoms with Gasteiger partial charge >= 0.3 is 0 Å². The highest BCUT2D eigenvalue weighted by molar-refractivity contribution is 14.0. The summed E-state index contributed by atoms with van der Waals surface area (Å²) in [6, 6.07) is 0.492. The molecule has 0 saturated heterocycles. The van der Waals surface area contributed by atoms with Crippen molar-refractivity contribution in [1.29, 1.82) is 0 Å². The monoisotopic (exact) mass is 419 g/mol. The number of nitrogens with two attached hydrogens (primary N) is 1. The number of hydrogen-bond acceptors (Lipinski definition) is 2. The molecule has 1 aliphatic rings. The third kappa shape index (κ3) is 6.54. The van der Waals surface area contributed by atoms with Crippen molar-refractivity contribution in [2.24, 2.45) is 16.6 Å². The molecule has 126 valence electrons. The second-order valence-corrected chi connectivity index (χ2v) is 6.42. The Bertz CT molecular complexity index is 447. The summed E-state index contributed by atoms with van der Waals surface area (Å²) in [5.74, 6) is 2.14. The summed E-state index contributed by atoms with van der Waals surface area (Å²) >= 11 is 0. The number of nitrogens with zero attached hydrogens (tertiary/aromatic N) is 3. The Kier molecular flexibility index (Phi) is 8.82. The van der Waals surface area contributed by atoms with E-state index in [1.165, 1.54) is 38.5 Å². The SMILES string of the molecule is CC(C)Cn1ccnc1CN=C(N)NC1CCCCCC1.I. The van der Waals surface area contributed by atoms with Crippen LogP contribution in [0.25, 0.3) is 0 Å². The Hall–Kier alpha value is -0.790. The van der Waals surface area contributed by atoms with Crippen LogP contribution in [0.15, 0.2) is 17.4 Å². The second-order valence-electron chi connectivity index (χ2n) is 6.42. The van der Waals surface area contributed by atoms with E-state index in [0.717, 1.165) is 12.4 Å². The van der Waals surface area contributed by atoms with E-state index in [9.17, 15) is 0 Å². The van der Waals surface area contributed by atoms with Gasteiger partial charge in [0.1, 0.15) is 12.4 Å². The van der Waals surface area contributed by atoms with Crippen molar-refractivity contribution in [2.75, 3.05) is 0 Å². The van der Waals surface area contributed by atoms with Gasteiger partial charge in [-0.2, -0.15) is 0 Å². The number of imidazole rings is 1. The van der Waals surface area contributed by atoms with E-state index in [4.69, 9.17) is 5.73 Å². The van der Waals surface area contributed by atoms with Gasteiger partial charge in [0.25, 0.3) is 0 Å². The molecule has 0 atom stereocenters. The molecule has 1 aliphatic carbocycles. The van der Waals surface area contributed by atoms with Crippen LogP contribution < -0.4 is 11.1 Å². The molecule has 1 aromatic heterocycles. The highest BCUT2D eigenvalue weighted by Crippen LogP contribution is 2.17. The Morgan fingerprint density at radius 2 is 2.05 bits per heavy atom. The minimum atomic E-state index is 0. The summed E-state index contributed by atoms with van der Waals surface area (Å²) in [6.07, 6.45) is 11.6. The van der Waals surface area contributed by atoms with Crippen molar-refractivity contribution in [3.05, 3.63) is 18.2 Å². The summed E-state index contributed by atoms with van der Waals surface area (Å²) in [5, 5.41) is 3.37. The maximum atomic E-state index is 6.03. The van der Waals surface area contributed by atoms with Gasteiger partial charge in [0.2, 0.25) is 0 Å². The van der Waals surface area contributed by atoms with E-state index in [0.29, 0.717) is 24.5 Å². The van der Waals surface area contributed by atoms with Crippen LogP contribution >= 0.6 is 24.0 Å². The quantitative estimate of drug-likeness (QED) is 0.333. The molecule has 1 fully saturated rings. The number of hydrogen-bond donors (Lipinski definition) is 2. The topological polar surface area (TPSA) is 68.2 Å². The van der Waals surface area contributed by atoms with Gasteiger partial charge in [-0.15, -0.1) is 24.0 Å². The van der Waals surface area contributed by atoms with Crippen molar-refractivity contribution in [1.82, 2.24) is 14.9 Å². The fraction of sp³-hybridized carbons (Fsp3) is 0.750. The van der Waals surface area contributed by atoms with Gasteiger partial charge < -0.3 is 15.6 Å². The Morgan fingerprint density at radius 3 is 2.68 bits per heavy atom. The number of guanidine groups is 1. The molecule has 0 bridgehead atoms. The zero-order chi connectivity index (χ0) is 15.1. The molecule has 3 N–H and O–H groups in total. The van der Waals surface area contributed by atoms with Crippen LogP contribution in [-0.4, -0.2) is 21.6 Å². The number of aliphatic imine (C=N–C) groups is 1. The lowest BCUT2D eigenvalue weighted by atomic mass is 10.1. The lowest BCUT2D eigenvalue weighted by Crippen LogP contribution is -2.39. The van der Waals surface area contributed by atoms with Crippen LogP contribution in [0.4, 0.5) is 0 Å².